The molecular weight excluding hydrogens is 172 g/mol. The van der Waals surface area contributed by atoms with Crippen molar-refractivity contribution in [3.05, 3.63) is 29.6 Å². The van der Waals surface area contributed by atoms with Gasteiger partial charge in [0, 0.05) is 6.04 Å². The number of hydrogen-bond acceptors (Lipinski definition) is 3. The molecule has 0 amide bonds. The molecule has 0 aromatic carbocycles. The first-order chi connectivity index (χ1) is 5.99. The molecule has 0 spiro atoms. The third-order valence-electron chi connectivity index (χ3n) is 1.50. The molecule has 0 bridgehead atoms. The zero-order chi connectivity index (χ0) is 10.4. The lowest BCUT2D eigenvalue weighted by Gasteiger charge is -2.29. The summed E-state index contributed by atoms with van der Waals surface area (Å²) in [6.07, 6.45) is 0.752. The molecule has 5 N–H and O–H groups in total. The van der Waals surface area contributed by atoms with Crippen molar-refractivity contribution in [3.63, 3.8) is 0 Å². The molecule has 13 heavy (non-hydrogen) atoms. The Balaban J connectivity index is 3.98. The summed E-state index contributed by atoms with van der Waals surface area (Å²) in [5.41, 5.74) is 7.79. The molecule has 76 valence electrons. The number of quaternary nitrogens is 2. The van der Waals surface area contributed by atoms with Crippen molar-refractivity contribution in [3.8, 4) is 0 Å². The van der Waals surface area contributed by atoms with Gasteiger partial charge < -0.3 is 16.8 Å². The van der Waals surface area contributed by atoms with Crippen LogP contribution in [0.5, 0.6) is 0 Å². The van der Waals surface area contributed by atoms with Gasteiger partial charge >= 0.3 is 0 Å². The molecule has 4 unspecified atom stereocenters. The molecule has 0 saturated carbocycles. The molecule has 0 heterocycles. The largest absolute Gasteiger partial charge is 0.550 e. The quantitative estimate of drug-likeness (QED) is 0.348. The van der Waals surface area contributed by atoms with Crippen molar-refractivity contribution in [1.29, 1.82) is 0 Å². The average Bonchev–Trinajstić information content (AvgIpc) is 2.04. The van der Waals surface area contributed by atoms with E-state index in [1.54, 1.807) is 13.8 Å². The zero-order valence-electron chi connectivity index (χ0n) is 7.83. The fraction of sp³-hybridized carbons (Fsp3) is 0.571. The smallest absolute Gasteiger partial charge is 0.178 e. The molecule has 0 aromatic heterocycles. The lowest BCUT2D eigenvalue weighted by Crippen LogP contribution is -3.52. The van der Waals surface area contributed by atoms with Crippen molar-refractivity contribution >= 4 is 0 Å². The third kappa shape index (κ3) is 4.76. The maximum absolute atomic E-state index is 11.0. The van der Waals surface area contributed by atoms with Crippen LogP contribution < -0.4 is 16.2 Å². The van der Waals surface area contributed by atoms with Crippen LogP contribution in [0.2, 0.25) is 0 Å². The van der Waals surface area contributed by atoms with Gasteiger partial charge in [0.25, 0.3) is 0 Å². The molecule has 0 aliphatic heterocycles. The van der Waals surface area contributed by atoms with Crippen molar-refractivity contribution in [2.24, 2.45) is 5.73 Å². The molecule has 0 fully saturated rings. The minimum atomic E-state index is -0.707. The Morgan fingerprint density at radius 2 is 2.23 bits per heavy atom. The van der Waals surface area contributed by atoms with Crippen LogP contribution in [0.1, 0.15) is 13.8 Å². The predicted octanol–water partition coefficient (Wildman–Crippen LogP) is -1.90. The molecule has 0 aliphatic carbocycles. The van der Waals surface area contributed by atoms with Gasteiger partial charge in [0.05, 0.1) is 0 Å². The van der Waals surface area contributed by atoms with E-state index in [1.807, 2.05) is 0 Å². The zero-order valence-corrected chi connectivity index (χ0v) is 7.83. The van der Waals surface area contributed by atoms with Gasteiger partial charge in [0.15, 0.2) is 6.20 Å². The van der Waals surface area contributed by atoms with Gasteiger partial charge in [-0.2, -0.15) is 5.12 Å². The summed E-state index contributed by atoms with van der Waals surface area (Å²) in [7, 11) is 0. The predicted molar refractivity (Wildman–Crippen MR) is 47.5 cm³/mol. The molecule has 0 aromatic rings. The fourth-order valence-electron chi connectivity index (χ4n) is 0.501. The maximum atomic E-state index is 11.0. The van der Waals surface area contributed by atoms with Gasteiger partial charge in [0.1, 0.15) is 6.10 Å². The highest BCUT2D eigenvalue weighted by Crippen LogP contribution is 1.88. The molecule has 6 nitrogen and oxygen atoms in total. The van der Waals surface area contributed by atoms with Crippen LogP contribution in [-0.2, 0) is 4.84 Å². The first kappa shape index (κ1) is 12.3. The molecule has 0 aliphatic rings. The Hall–Kier alpha value is -0.720. The summed E-state index contributed by atoms with van der Waals surface area (Å²) in [4.78, 5) is 4.84. The molecule has 0 saturated heterocycles. The van der Waals surface area contributed by atoms with Crippen LogP contribution in [0.4, 0.5) is 0 Å². The Morgan fingerprint density at radius 3 is 2.62 bits per heavy atom. The maximum Gasteiger partial charge on any atom is 0.178 e. The fourth-order valence-corrected chi connectivity index (χ4v) is 0.501. The second-order valence-electron chi connectivity index (χ2n) is 2.73. The molecular formula is C7H16N4O2. The minimum absolute atomic E-state index is 0.246. The summed E-state index contributed by atoms with van der Waals surface area (Å²) >= 11 is 0. The van der Waals surface area contributed by atoms with Gasteiger partial charge in [-0.15, -0.1) is 4.84 Å². The van der Waals surface area contributed by atoms with Gasteiger partial charge in [-0.05, 0) is 13.8 Å². The van der Waals surface area contributed by atoms with Gasteiger partial charge in [-0.1, -0.05) is 17.6 Å². The van der Waals surface area contributed by atoms with Crippen LogP contribution >= 0.6 is 0 Å². The van der Waals surface area contributed by atoms with E-state index in [0.29, 0.717) is 0 Å². The van der Waals surface area contributed by atoms with Crippen LogP contribution in [0.15, 0.2) is 18.5 Å². The number of rotatable bonds is 5. The van der Waals surface area contributed by atoms with E-state index in [0.717, 1.165) is 6.20 Å². The molecule has 4 atom stereocenters. The molecule has 0 radical (unpaired) electrons. The Kier molecular flexibility index (Phi) is 5.52. The van der Waals surface area contributed by atoms with Gasteiger partial charge in [0.2, 0.25) is 0 Å². The van der Waals surface area contributed by atoms with E-state index >= 15 is 0 Å². The SMILES string of the molecule is C=C=C[NH+]([NH-])[NH+]([O-])OC(C)C(C)N. The summed E-state index contributed by atoms with van der Waals surface area (Å²) in [5, 5.41) is 10.1. The van der Waals surface area contributed by atoms with Gasteiger partial charge in [-0.3, -0.25) is 0 Å². The van der Waals surface area contributed by atoms with E-state index in [4.69, 9.17) is 16.4 Å². The van der Waals surface area contributed by atoms with Crippen molar-refractivity contribution in [2.45, 2.75) is 26.0 Å². The Bertz CT molecular complexity index is 191. The van der Waals surface area contributed by atoms with Crippen LogP contribution in [0.3, 0.4) is 0 Å². The highest BCUT2D eigenvalue weighted by Gasteiger charge is 2.14. The minimum Gasteiger partial charge on any atom is -0.550 e. The first-order valence-corrected chi connectivity index (χ1v) is 3.90. The Labute approximate surface area is 77.5 Å². The monoisotopic (exact) mass is 188 g/mol. The number of nitrogens with two attached hydrogens (primary N) is 1. The molecule has 0 rings (SSSR count). The Morgan fingerprint density at radius 1 is 1.69 bits per heavy atom. The summed E-state index contributed by atoms with van der Waals surface area (Å²) in [6, 6.07) is -0.246. The van der Waals surface area contributed by atoms with Crippen LogP contribution in [0.25, 0.3) is 5.84 Å². The number of hydrogen-bond donors (Lipinski definition) is 3. The standard InChI is InChI=1S/C7H16N4O2/c1-4-5-10(9)11(12)13-7(3)6(2)8/h5-7,9-11H,1,8H2,2-3H3. The van der Waals surface area contributed by atoms with E-state index in [2.05, 4.69) is 12.3 Å². The van der Waals surface area contributed by atoms with Crippen molar-refractivity contribution in [1.82, 2.24) is 0 Å². The normalized spacial score (nSPS) is 19.8. The van der Waals surface area contributed by atoms with Crippen molar-refractivity contribution < 1.29 is 15.3 Å². The summed E-state index contributed by atoms with van der Waals surface area (Å²) < 4.78 is 0. The lowest BCUT2D eigenvalue weighted by molar-refractivity contribution is -1.52. The number of nitrogens with one attached hydrogen (secondary N) is 3. The summed E-state index contributed by atoms with van der Waals surface area (Å²) in [5.74, 6) is 7.16. The van der Waals surface area contributed by atoms with E-state index < -0.39 is 11.4 Å². The highest BCUT2D eigenvalue weighted by atomic mass is 16.9. The van der Waals surface area contributed by atoms with E-state index in [9.17, 15) is 5.21 Å². The molecule has 6 heteroatoms. The highest BCUT2D eigenvalue weighted by molar-refractivity contribution is 4.61. The second-order valence-corrected chi connectivity index (χ2v) is 2.73. The van der Waals surface area contributed by atoms with Crippen LogP contribution in [-0.4, -0.2) is 12.1 Å². The lowest BCUT2D eigenvalue weighted by atomic mass is 10.2. The van der Waals surface area contributed by atoms with E-state index in [-0.39, 0.29) is 11.2 Å². The topological polar surface area (TPSA) is 91.0 Å². The van der Waals surface area contributed by atoms with Crippen LogP contribution in [0, 0.1) is 5.21 Å². The second kappa shape index (κ2) is 5.85. The van der Waals surface area contributed by atoms with Crippen molar-refractivity contribution in [2.75, 3.05) is 0 Å². The average molecular weight is 188 g/mol. The summed E-state index contributed by atoms with van der Waals surface area (Å²) in [6.45, 7) is 6.64. The van der Waals surface area contributed by atoms with Gasteiger partial charge in [-0.25, -0.2) is 0 Å². The third-order valence-corrected chi connectivity index (χ3v) is 1.50. The first-order valence-electron chi connectivity index (χ1n) is 3.90. The van der Waals surface area contributed by atoms with E-state index in [1.165, 1.54) is 0 Å².